The van der Waals surface area contributed by atoms with Crippen LogP contribution in [0, 0.1) is 11.7 Å². The van der Waals surface area contributed by atoms with E-state index in [1.165, 1.54) is 6.20 Å². The van der Waals surface area contributed by atoms with Gasteiger partial charge in [-0.2, -0.15) is 18.2 Å². The van der Waals surface area contributed by atoms with Crippen molar-refractivity contribution >= 4 is 5.91 Å². The summed E-state index contributed by atoms with van der Waals surface area (Å²) in [5.41, 5.74) is -2.17. The zero-order valence-corrected chi connectivity index (χ0v) is 12.4. The molecule has 2 aromatic rings. The summed E-state index contributed by atoms with van der Waals surface area (Å²) in [6, 6.07) is 4.20. The third kappa shape index (κ3) is 3.52. The van der Waals surface area contributed by atoms with E-state index in [0.717, 1.165) is 25.0 Å². The van der Waals surface area contributed by atoms with E-state index in [1.807, 2.05) is 0 Å². The fourth-order valence-electron chi connectivity index (χ4n) is 2.27. The highest BCUT2D eigenvalue weighted by atomic mass is 19.4. The van der Waals surface area contributed by atoms with Crippen LogP contribution in [0.1, 0.15) is 28.8 Å². The quantitative estimate of drug-likeness (QED) is 0.807. The number of hydrogen-bond acceptors (Lipinski definition) is 2. The van der Waals surface area contributed by atoms with Gasteiger partial charge in [0.1, 0.15) is 5.82 Å². The van der Waals surface area contributed by atoms with Crippen molar-refractivity contribution in [2.45, 2.75) is 25.6 Å². The molecule has 1 aromatic heterocycles. The Morgan fingerprint density at radius 3 is 2.71 bits per heavy atom. The van der Waals surface area contributed by atoms with Crippen LogP contribution in [-0.4, -0.2) is 15.5 Å². The Hall–Kier alpha value is -2.51. The lowest BCUT2D eigenvalue weighted by molar-refractivity contribution is -0.140. The predicted molar refractivity (Wildman–Crippen MR) is 76.2 cm³/mol. The molecule has 0 saturated heterocycles. The molecule has 1 aromatic carbocycles. The molecule has 1 aliphatic rings. The molecule has 0 aliphatic heterocycles. The van der Waals surface area contributed by atoms with Crippen molar-refractivity contribution in [3.63, 3.8) is 0 Å². The second-order valence-electron chi connectivity index (χ2n) is 5.60. The topological polar surface area (TPSA) is 47.2 Å². The molecule has 1 fully saturated rings. The van der Waals surface area contributed by atoms with E-state index in [9.17, 15) is 22.4 Å². The van der Waals surface area contributed by atoms with Gasteiger partial charge < -0.3 is 4.57 Å². The van der Waals surface area contributed by atoms with Crippen LogP contribution in [-0.2, 0) is 12.7 Å². The Morgan fingerprint density at radius 1 is 1.29 bits per heavy atom. The van der Waals surface area contributed by atoms with Crippen molar-refractivity contribution in [1.29, 1.82) is 0 Å². The van der Waals surface area contributed by atoms with Crippen LogP contribution in [0.4, 0.5) is 17.6 Å². The standard InChI is InChI=1S/C16H13F4N3O/c17-13-11(3-1-4-12(13)16(18,19)20)14(24)22-15-21-7-2-8-23(15)9-10-5-6-10/h1-4,7-8,10H,5-6,9H2/b22-15+. The summed E-state index contributed by atoms with van der Waals surface area (Å²) < 4.78 is 53.9. The van der Waals surface area contributed by atoms with E-state index < -0.39 is 29.0 Å². The largest absolute Gasteiger partial charge is 0.419 e. The van der Waals surface area contributed by atoms with Crippen molar-refractivity contribution in [2.75, 3.05) is 0 Å². The monoisotopic (exact) mass is 339 g/mol. The molecule has 0 radical (unpaired) electrons. The Morgan fingerprint density at radius 2 is 2.04 bits per heavy atom. The maximum Gasteiger partial charge on any atom is 0.419 e. The average Bonchev–Trinajstić information content (AvgIpc) is 3.32. The second kappa shape index (κ2) is 6.18. The molecule has 0 atom stereocenters. The number of benzene rings is 1. The fraction of sp³-hybridized carbons (Fsp3) is 0.312. The minimum atomic E-state index is -4.88. The van der Waals surface area contributed by atoms with Crippen molar-refractivity contribution in [3.05, 3.63) is 59.2 Å². The molecule has 126 valence electrons. The molecular weight excluding hydrogens is 326 g/mol. The Balaban J connectivity index is 1.99. The average molecular weight is 339 g/mol. The number of carbonyl (C=O) groups is 1. The first-order valence-electron chi connectivity index (χ1n) is 7.32. The minimum absolute atomic E-state index is 0.0474. The Labute approximate surface area is 134 Å². The van der Waals surface area contributed by atoms with Gasteiger partial charge in [0.05, 0.1) is 11.1 Å². The number of halogens is 4. The fourth-order valence-corrected chi connectivity index (χ4v) is 2.27. The summed E-state index contributed by atoms with van der Waals surface area (Å²) >= 11 is 0. The second-order valence-corrected chi connectivity index (χ2v) is 5.60. The van der Waals surface area contributed by atoms with E-state index in [1.54, 1.807) is 16.8 Å². The smallest absolute Gasteiger partial charge is 0.317 e. The van der Waals surface area contributed by atoms with Crippen LogP contribution in [0.3, 0.4) is 0 Å². The van der Waals surface area contributed by atoms with Gasteiger partial charge in [0.15, 0.2) is 0 Å². The van der Waals surface area contributed by atoms with E-state index in [-0.39, 0.29) is 5.62 Å². The van der Waals surface area contributed by atoms with E-state index in [2.05, 4.69) is 9.98 Å². The van der Waals surface area contributed by atoms with Crippen molar-refractivity contribution in [3.8, 4) is 0 Å². The molecule has 8 heteroatoms. The number of amides is 1. The normalized spacial score (nSPS) is 15.6. The molecule has 1 saturated carbocycles. The molecule has 0 spiro atoms. The van der Waals surface area contributed by atoms with E-state index >= 15 is 0 Å². The first kappa shape index (κ1) is 16.4. The summed E-state index contributed by atoms with van der Waals surface area (Å²) in [7, 11) is 0. The highest BCUT2D eigenvalue weighted by molar-refractivity contribution is 5.95. The molecule has 24 heavy (non-hydrogen) atoms. The number of alkyl halides is 3. The minimum Gasteiger partial charge on any atom is -0.317 e. The summed E-state index contributed by atoms with van der Waals surface area (Å²) in [5, 5.41) is 0. The highest BCUT2D eigenvalue weighted by Crippen LogP contribution is 2.32. The third-order valence-corrected chi connectivity index (χ3v) is 3.69. The van der Waals surface area contributed by atoms with E-state index in [0.29, 0.717) is 18.5 Å². The van der Waals surface area contributed by atoms with E-state index in [4.69, 9.17) is 0 Å². The van der Waals surface area contributed by atoms with Crippen LogP contribution < -0.4 is 5.62 Å². The molecule has 1 amide bonds. The molecule has 0 N–H and O–H groups in total. The van der Waals surface area contributed by atoms with Crippen LogP contribution in [0.2, 0.25) is 0 Å². The number of nitrogens with zero attached hydrogens (tertiary/aromatic N) is 3. The van der Waals surface area contributed by atoms with Gasteiger partial charge in [0, 0.05) is 18.9 Å². The first-order chi connectivity index (χ1) is 11.4. The number of hydrogen-bond donors (Lipinski definition) is 0. The molecule has 4 nitrogen and oxygen atoms in total. The van der Waals surface area contributed by atoms with Gasteiger partial charge in [-0.15, -0.1) is 0 Å². The molecule has 1 aliphatic carbocycles. The molecular formula is C16H13F4N3O. The summed E-state index contributed by atoms with van der Waals surface area (Å²) in [5.74, 6) is -2.24. The lowest BCUT2D eigenvalue weighted by Crippen LogP contribution is -2.26. The van der Waals surface area contributed by atoms with Gasteiger partial charge in [-0.25, -0.2) is 9.37 Å². The molecule has 0 unspecified atom stereocenters. The SMILES string of the molecule is O=C(/N=c1\ncccn1CC1CC1)c1cccc(C(F)(F)F)c1F. The van der Waals surface area contributed by atoms with Crippen LogP contribution in [0.5, 0.6) is 0 Å². The van der Waals surface area contributed by atoms with Crippen molar-refractivity contribution in [2.24, 2.45) is 10.9 Å². The lowest BCUT2D eigenvalue weighted by Gasteiger charge is -2.09. The van der Waals surface area contributed by atoms with Gasteiger partial charge in [-0.3, -0.25) is 4.79 Å². The highest BCUT2D eigenvalue weighted by Gasteiger charge is 2.35. The summed E-state index contributed by atoms with van der Waals surface area (Å²) in [6.45, 7) is 0.616. The Bertz CT molecular complexity index is 838. The predicted octanol–water partition coefficient (Wildman–Crippen LogP) is 3.19. The maximum atomic E-state index is 14.0. The van der Waals surface area contributed by atoms with Gasteiger partial charge in [-0.05, 0) is 37.0 Å². The van der Waals surface area contributed by atoms with Crippen LogP contribution in [0.25, 0.3) is 0 Å². The zero-order valence-electron chi connectivity index (χ0n) is 12.4. The number of aromatic nitrogens is 2. The van der Waals surface area contributed by atoms with Crippen molar-refractivity contribution < 1.29 is 22.4 Å². The summed E-state index contributed by atoms with van der Waals surface area (Å²) in [4.78, 5) is 19.8. The summed E-state index contributed by atoms with van der Waals surface area (Å²) in [6.07, 6.45) is 0.351. The zero-order chi connectivity index (χ0) is 17.3. The maximum absolute atomic E-state index is 14.0. The van der Waals surface area contributed by atoms with Crippen LogP contribution >= 0.6 is 0 Å². The number of rotatable bonds is 3. The van der Waals surface area contributed by atoms with Crippen molar-refractivity contribution in [1.82, 2.24) is 9.55 Å². The Kier molecular flexibility index (Phi) is 4.21. The molecule has 1 heterocycles. The third-order valence-electron chi connectivity index (χ3n) is 3.69. The van der Waals surface area contributed by atoms with Crippen LogP contribution in [0.15, 0.2) is 41.7 Å². The van der Waals surface area contributed by atoms with Gasteiger partial charge in [0.25, 0.3) is 5.91 Å². The van der Waals surface area contributed by atoms with Gasteiger partial charge in [-0.1, -0.05) is 6.07 Å². The number of carbonyl (C=O) groups excluding carboxylic acids is 1. The van der Waals surface area contributed by atoms with Gasteiger partial charge >= 0.3 is 6.18 Å². The van der Waals surface area contributed by atoms with Gasteiger partial charge in [0.2, 0.25) is 5.62 Å². The molecule has 0 bridgehead atoms. The lowest BCUT2D eigenvalue weighted by atomic mass is 10.1. The molecule has 3 rings (SSSR count). The first-order valence-corrected chi connectivity index (χ1v) is 7.32.